The van der Waals surface area contributed by atoms with Crippen LogP contribution in [0.4, 0.5) is 0 Å². The Hall–Kier alpha value is -1.59. The maximum atomic E-state index is 9.76. The van der Waals surface area contributed by atoms with Gasteiger partial charge in [0.15, 0.2) is 0 Å². The predicted octanol–water partition coefficient (Wildman–Crippen LogP) is 2.09. The number of benzene rings is 1. The highest BCUT2D eigenvalue weighted by Crippen LogP contribution is 1.99. The Bertz CT molecular complexity index is 279. The molecule has 0 spiro atoms. The summed E-state index contributed by atoms with van der Waals surface area (Å²) in [6.07, 6.45) is 4.86. The minimum Gasteiger partial charge on any atom is -0.234 e. The van der Waals surface area contributed by atoms with Gasteiger partial charge in [-0.1, -0.05) is 42.5 Å². The lowest BCUT2D eigenvalue weighted by atomic mass is 10.2. The van der Waals surface area contributed by atoms with Gasteiger partial charge in [-0.05, 0) is 5.56 Å². The normalized spacial score (nSPS) is 9.45. The van der Waals surface area contributed by atoms with E-state index in [1.54, 1.807) is 12.0 Å². The molecular formula is C10H8O. The van der Waals surface area contributed by atoms with E-state index >= 15 is 0 Å². The van der Waals surface area contributed by atoms with Crippen molar-refractivity contribution in [3.8, 4) is 0 Å². The average molecular weight is 144 g/mol. The zero-order valence-electron chi connectivity index (χ0n) is 6.03. The zero-order valence-corrected chi connectivity index (χ0v) is 6.03. The molecule has 0 unspecified atom stereocenters. The highest BCUT2D eigenvalue weighted by molar-refractivity contribution is 5.57. The lowest BCUT2D eigenvalue weighted by molar-refractivity contribution is 0.569. The molecule has 1 rings (SSSR count). The molecule has 0 bridgehead atoms. The fraction of sp³-hybridized carbons (Fsp3) is 0. The highest BCUT2D eigenvalue weighted by Gasteiger charge is 1.78. The Morgan fingerprint density at radius 2 is 1.91 bits per heavy atom. The zero-order chi connectivity index (χ0) is 7.94. The maximum Gasteiger partial charge on any atom is 0.124 e. The van der Waals surface area contributed by atoms with E-state index in [9.17, 15) is 4.79 Å². The molecule has 0 saturated carbocycles. The number of allylic oxidation sites excluding steroid dienone is 2. The molecule has 0 aliphatic carbocycles. The number of carbonyl (C=O) groups excluding carboxylic acids is 1. The predicted molar refractivity (Wildman–Crippen MR) is 45.7 cm³/mol. The van der Waals surface area contributed by atoms with E-state index in [1.807, 2.05) is 36.4 Å². The molecule has 0 N–H and O–H groups in total. The van der Waals surface area contributed by atoms with Crippen molar-refractivity contribution in [2.45, 2.75) is 0 Å². The molecule has 0 aromatic heterocycles. The molecule has 1 aromatic carbocycles. The fourth-order valence-corrected chi connectivity index (χ4v) is 0.763. The van der Waals surface area contributed by atoms with Crippen molar-refractivity contribution in [1.82, 2.24) is 0 Å². The number of hydrogen-bond donors (Lipinski definition) is 0. The second kappa shape index (κ2) is 4.26. The summed E-state index contributed by atoms with van der Waals surface area (Å²) in [5.74, 6) is 1.68. The molecule has 0 radical (unpaired) electrons. The van der Waals surface area contributed by atoms with E-state index in [2.05, 4.69) is 0 Å². The van der Waals surface area contributed by atoms with Crippen LogP contribution in [-0.2, 0) is 4.79 Å². The molecule has 0 fully saturated rings. The SMILES string of the molecule is O=C=C/C=C/c1ccccc1. The minimum atomic E-state index is 1.08. The van der Waals surface area contributed by atoms with Crippen LogP contribution >= 0.6 is 0 Å². The van der Waals surface area contributed by atoms with Crippen LogP contribution in [0.15, 0.2) is 42.5 Å². The van der Waals surface area contributed by atoms with Gasteiger partial charge in [0.25, 0.3) is 0 Å². The Morgan fingerprint density at radius 1 is 1.18 bits per heavy atom. The molecule has 0 amide bonds. The smallest absolute Gasteiger partial charge is 0.124 e. The number of rotatable bonds is 2. The quantitative estimate of drug-likeness (QED) is 0.459. The molecule has 0 atom stereocenters. The van der Waals surface area contributed by atoms with Gasteiger partial charge in [-0.3, -0.25) is 0 Å². The standard InChI is InChI=1S/C10H8O/c11-9-5-4-8-10-6-2-1-3-7-10/h1-8H/b8-4+. The third kappa shape index (κ3) is 2.65. The van der Waals surface area contributed by atoms with Crippen LogP contribution in [0, 0.1) is 0 Å². The summed E-state index contributed by atoms with van der Waals surface area (Å²) in [7, 11) is 0. The van der Waals surface area contributed by atoms with Gasteiger partial charge in [0.05, 0.1) is 0 Å². The monoisotopic (exact) mass is 144 g/mol. The average Bonchev–Trinajstić information content (AvgIpc) is 2.07. The molecular weight excluding hydrogens is 136 g/mol. The van der Waals surface area contributed by atoms with Gasteiger partial charge in [-0.15, -0.1) is 0 Å². The van der Waals surface area contributed by atoms with Gasteiger partial charge in [0.2, 0.25) is 0 Å². The van der Waals surface area contributed by atoms with Gasteiger partial charge in [0, 0.05) is 6.08 Å². The lowest BCUT2D eigenvalue weighted by Gasteiger charge is -1.87. The van der Waals surface area contributed by atoms with Crippen LogP contribution in [0.25, 0.3) is 6.08 Å². The van der Waals surface area contributed by atoms with Crippen molar-refractivity contribution in [1.29, 1.82) is 0 Å². The summed E-state index contributed by atoms with van der Waals surface area (Å²) in [5.41, 5.74) is 1.08. The minimum absolute atomic E-state index is 1.08. The van der Waals surface area contributed by atoms with Crippen molar-refractivity contribution >= 4 is 12.0 Å². The first-order valence-corrected chi connectivity index (χ1v) is 3.36. The Labute approximate surface area is 65.7 Å². The Kier molecular flexibility index (Phi) is 2.91. The summed E-state index contributed by atoms with van der Waals surface area (Å²) >= 11 is 0. The summed E-state index contributed by atoms with van der Waals surface area (Å²) in [6.45, 7) is 0. The van der Waals surface area contributed by atoms with Gasteiger partial charge in [-0.2, -0.15) is 0 Å². The van der Waals surface area contributed by atoms with E-state index in [1.165, 1.54) is 6.08 Å². The van der Waals surface area contributed by atoms with Gasteiger partial charge in [0.1, 0.15) is 5.94 Å². The van der Waals surface area contributed by atoms with Crippen molar-refractivity contribution in [3.05, 3.63) is 48.0 Å². The molecule has 1 aromatic rings. The van der Waals surface area contributed by atoms with E-state index < -0.39 is 0 Å². The van der Waals surface area contributed by atoms with Crippen LogP contribution < -0.4 is 0 Å². The summed E-state index contributed by atoms with van der Waals surface area (Å²) in [4.78, 5) is 9.76. The van der Waals surface area contributed by atoms with Gasteiger partial charge < -0.3 is 0 Å². The second-order valence-corrected chi connectivity index (χ2v) is 2.05. The van der Waals surface area contributed by atoms with Gasteiger partial charge in [-0.25, -0.2) is 4.79 Å². The van der Waals surface area contributed by atoms with Crippen LogP contribution in [0.3, 0.4) is 0 Å². The largest absolute Gasteiger partial charge is 0.234 e. The molecule has 0 aliphatic heterocycles. The lowest BCUT2D eigenvalue weighted by Crippen LogP contribution is -1.66. The van der Waals surface area contributed by atoms with E-state index in [0.29, 0.717) is 0 Å². The second-order valence-electron chi connectivity index (χ2n) is 2.05. The molecule has 0 saturated heterocycles. The van der Waals surface area contributed by atoms with Crippen molar-refractivity contribution in [2.24, 2.45) is 0 Å². The molecule has 1 nitrogen and oxygen atoms in total. The van der Waals surface area contributed by atoms with Crippen molar-refractivity contribution < 1.29 is 4.79 Å². The maximum absolute atomic E-state index is 9.76. The van der Waals surface area contributed by atoms with Crippen molar-refractivity contribution in [3.63, 3.8) is 0 Å². The molecule has 11 heavy (non-hydrogen) atoms. The first kappa shape index (κ1) is 7.52. The van der Waals surface area contributed by atoms with E-state index in [4.69, 9.17) is 0 Å². The van der Waals surface area contributed by atoms with Crippen LogP contribution in [0.5, 0.6) is 0 Å². The molecule has 54 valence electrons. The molecule has 1 heteroatoms. The molecule has 0 heterocycles. The Morgan fingerprint density at radius 3 is 2.55 bits per heavy atom. The summed E-state index contributed by atoms with van der Waals surface area (Å²) < 4.78 is 0. The van der Waals surface area contributed by atoms with Crippen LogP contribution in [0.2, 0.25) is 0 Å². The Balaban J connectivity index is 2.72. The third-order valence-electron chi connectivity index (χ3n) is 1.25. The summed E-state index contributed by atoms with van der Waals surface area (Å²) in [6, 6.07) is 9.78. The fourth-order valence-electron chi connectivity index (χ4n) is 0.763. The highest BCUT2D eigenvalue weighted by atomic mass is 16.1. The van der Waals surface area contributed by atoms with Crippen LogP contribution in [-0.4, -0.2) is 5.94 Å². The third-order valence-corrected chi connectivity index (χ3v) is 1.25. The van der Waals surface area contributed by atoms with E-state index in [-0.39, 0.29) is 0 Å². The topological polar surface area (TPSA) is 17.1 Å². The first-order chi connectivity index (χ1) is 5.43. The van der Waals surface area contributed by atoms with E-state index in [0.717, 1.165) is 5.56 Å². The number of hydrogen-bond acceptors (Lipinski definition) is 1. The first-order valence-electron chi connectivity index (χ1n) is 3.36. The summed E-state index contributed by atoms with van der Waals surface area (Å²) in [5, 5.41) is 0. The molecule has 0 aliphatic rings. The van der Waals surface area contributed by atoms with Crippen LogP contribution in [0.1, 0.15) is 5.56 Å². The van der Waals surface area contributed by atoms with Gasteiger partial charge >= 0.3 is 0 Å². The van der Waals surface area contributed by atoms with Crippen molar-refractivity contribution in [2.75, 3.05) is 0 Å².